The van der Waals surface area contributed by atoms with Crippen molar-refractivity contribution in [3.05, 3.63) is 17.7 Å². The van der Waals surface area contributed by atoms with Gasteiger partial charge in [0.1, 0.15) is 5.69 Å². The van der Waals surface area contributed by atoms with Crippen molar-refractivity contribution in [2.45, 2.75) is 50.0 Å². The molecule has 1 N–H and O–H groups in total. The molecule has 1 fully saturated rings. The van der Waals surface area contributed by atoms with Gasteiger partial charge in [-0.15, -0.1) is 0 Å². The molecule has 1 aromatic rings. The van der Waals surface area contributed by atoms with E-state index < -0.39 is 10.0 Å². The van der Waals surface area contributed by atoms with Crippen LogP contribution in [-0.4, -0.2) is 38.6 Å². The van der Waals surface area contributed by atoms with Crippen LogP contribution < -0.4 is 4.72 Å². The summed E-state index contributed by atoms with van der Waals surface area (Å²) in [6.07, 6.45) is 8.47. The highest BCUT2D eigenvalue weighted by Gasteiger charge is 2.28. The maximum Gasteiger partial charge on any atom is 0.246 e. The lowest BCUT2D eigenvalue weighted by Gasteiger charge is -2.22. The lowest BCUT2D eigenvalue weighted by molar-refractivity contribution is 0.403. The Morgan fingerprint density at radius 3 is 2.57 bits per heavy atom. The number of rotatable bonds is 5. The van der Waals surface area contributed by atoms with E-state index in [9.17, 15) is 8.42 Å². The summed E-state index contributed by atoms with van der Waals surface area (Å²) in [6.45, 7) is 1.64. The first-order valence-electron chi connectivity index (χ1n) is 7.23. The zero-order valence-electron chi connectivity index (χ0n) is 12.8. The predicted molar refractivity (Wildman–Crippen MR) is 81.2 cm³/mol. The number of aryl methyl sites for hydroxylation is 1. The molecule has 1 saturated carbocycles. The van der Waals surface area contributed by atoms with E-state index in [1.165, 1.54) is 6.42 Å². The molecule has 118 valence electrons. The van der Waals surface area contributed by atoms with Crippen LogP contribution in [0.1, 0.15) is 43.6 Å². The molecule has 0 aliphatic heterocycles. The van der Waals surface area contributed by atoms with Crippen molar-refractivity contribution < 1.29 is 12.9 Å². The van der Waals surface area contributed by atoms with Gasteiger partial charge in [0.15, 0.2) is 10.7 Å². The Morgan fingerprint density at radius 2 is 1.95 bits per heavy atom. The van der Waals surface area contributed by atoms with Gasteiger partial charge in [0.25, 0.3) is 0 Å². The van der Waals surface area contributed by atoms with Gasteiger partial charge >= 0.3 is 0 Å². The first-order chi connectivity index (χ1) is 9.90. The standard InChI is InChI=1S/C14H23N3O3S/c1-11-14(13(20-15-11)9-10-17(2)3)21(18,19)16-12-7-5-4-6-8-12/h9-10,12,16H,4-8H2,1-3H3/b10-9+. The minimum atomic E-state index is -3.60. The molecule has 0 bridgehead atoms. The Morgan fingerprint density at radius 1 is 1.29 bits per heavy atom. The molecule has 0 spiro atoms. The molecule has 0 atom stereocenters. The molecule has 0 saturated heterocycles. The zero-order valence-corrected chi connectivity index (χ0v) is 13.6. The Kier molecular flexibility index (Phi) is 5.05. The fraction of sp³-hybridized carbons (Fsp3) is 0.643. The monoisotopic (exact) mass is 313 g/mol. The summed E-state index contributed by atoms with van der Waals surface area (Å²) >= 11 is 0. The van der Waals surface area contributed by atoms with Gasteiger partial charge in [0.05, 0.1) is 0 Å². The quantitative estimate of drug-likeness (QED) is 0.901. The summed E-state index contributed by atoms with van der Waals surface area (Å²) < 4.78 is 33.1. The Hall–Kier alpha value is -1.34. The molecule has 0 radical (unpaired) electrons. The average Bonchev–Trinajstić information content (AvgIpc) is 2.79. The van der Waals surface area contributed by atoms with Crippen molar-refractivity contribution in [1.29, 1.82) is 0 Å². The fourth-order valence-corrected chi connectivity index (χ4v) is 4.12. The van der Waals surface area contributed by atoms with Crippen LogP contribution in [0.4, 0.5) is 0 Å². The smallest absolute Gasteiger partial charge is 0.246 e. The largest absolute Gasteiger partial charge is 0.383 e. The Labute approximate surface area is 126 Å². The number of nitrogens with one attached hydrogen (secondary N) is 1. The maximum atomic E-state index is 12.6. The number of nitrogens with zero attached hydrogens (tertiary/aromatic N) is 2. The van der Waals surface area contributed by atoms with Gasteiger partial charge in [-0.2, -0.15) is 0 Å². The summed E-state index contributed by atoms with van der Waals surface area (Å²) in [7, 11) is 0.109. The zero-order chi connectivity index (χ0) is 15.5. The summed E-state index contributed by atoms with van der Waals surface area (Å²) in [5, 5.41) is 3.79. The van der Waals surface area contributed by atoms with Crippen LogP contribution in [0.5, 0.6) is 0 Å². The van der Waals surface area contributed by atoms with Gasteiger partial charge in [0.2, 0.25) is 10.0 Å². The van der Waals surface area contributed by atoms with E-state index in [0.29, 0.717) is 5.69 Å². The summed E-state index contributed by atoms with van der Waals surface area (Å²) in [4.78, 5) is 1.95. The lowest BCUT2D eigenvalue weighted by Crippen LogP contribution is -2.36. The third kappa shape index (κ3) is 4.07. The van der Waals surface area contributed by atoms with Crippen LogP contribution in [-0.2, 0) is 10.0 Å². The van der Waals surface area contributed by atoms with Crippen molar-refractivity contribution in [2.24, 2.45) is 0 Å². The Bertz CT molecular complexity index is 599. The van der Waals surface area contributed by atoms with E-state index in [1.54, 1.807) is 19.2 Å². The number of hydrogen-bond acceptors (Lipinski definition) is 5. The topological polar surface area (TPSA) is 75.4 Å². The summed E-state index contributed by atoms with van der Waals surface area (Å²) in [6, 6.07) is 0.0173. The van der Waals surface area contributed by atoms with Gasteiger partial charge < -0.3 is 9.42 Å². The molecule has 1 aliphatic rings. The number of sulfonamides is 1. The second-order valence-corrected chi connectivity index (χ2v) is 7.35. The van der Waals surface area contributed by atoms with Gasteiger partial charge in [-0.05, 0) is 19.8 Å². The highest BCUT2D eigenvalue weighted by molar-refractivity contribution is 7.89. The van der Waals surface area contributed by atoms with Gasteiger partial charge in [-0.25, -0.2) is 13.1 Å². The maximum absolute atomic E-state index is 12.6. The van der Waals surface area contributed by atoms with Crippen molar-refractivity contribution in [2.75, 3.05) is 14.1 Å². The Balaban J connectivity index is 2.24. The van der Waals surface area contributed by atoms with Crippen molar-refractivity contribution >= 4 is 16.1 Å². The minimum Gasteiger partial charge on any atom is -0.383 e. The molecule has 1 aromatic heterocycles. The first kappa shape index (κ1) is 16.0. The van der Waals surface area contributed by atoms with E-state index in [1.807, 2.05) is 19.0 Å². The van der Waals surface area contributed by atoms with Crippen molar-refractivity contribution in [3.8, 4) is 0 Å². The van der Waals surface area contributed by atoms with Gasteiger partial charge in [-0.1, -0.05) is 24.4 Å². The van der Waals surface area contributed by atoms with Crippen LogP contribution in [0.2, 0.25) is 0 Å². The van der Waals surface area contributed by atoms with Gasteiger partial charge in [0, 0.05) is 32.4 Å². The summed E-state index contributed by atoms with van der Waals surface area (Å²) in [5.74, 6) is 0.268. The highest BCUT2D eigenvalue weighted by Crippen LogP contribution is 2.24. The van der Waals surface area contributed by atoms with E-state index in [4.69, 9.17) is 4.52 Å². The number of aromatic nitrogens is 1. The van der Waals surface area contributed by atoms with E-state index in [2.05, 4.69) is 9.88 Å². The van der Waals surface area contributed by atoms with E-state index >= 15 is 0 Å². The molecule has 0 amide bonds. The second kappa shape index (κ2) is 6.62. The van der Waals surface area contributed by atoms with Crippen LogP contribution in [0.3, 0.4) is 0 Å². The van der Waals surface area contributed by atoms with Crippen LogP contribution in [0.15, 0.2) is 15.6 Å². The fourth-order valence-electron chi connectivity index (χ4n) is 2.53. The van der Waals surface area contributed by atoms with Crippen molar-refractivity contribution in [3.63, 3.8) is 0 Å². The SMILES string of the molecule is Cc1noc(/C=C/N(C)C)c1S(=O)(=O)NC1CCCCC1. The third-order valence-corrected chi connectivity index (χ3v) is 5.23. The van der Waals surface area contributed by atoms with Crippen LogP contribution in [0, 0.1) is 6.92 Å². The van der Waals surface area contributed by atoms with E-state index in [0.717, 1.165) is 25.7 Å². The number of hydrogen-bond donors (Lipinski definition) is 1. The molecule has 1 heterocycles. The molecule has 1 aliphatic carbocycles. The third-order valence-electron chi connectivity index (χ3n) is 3.55. The predicted octanol–water partition coefficient (Wildman–Crippen LogP) is 2.13. The minimum absolute atomic E-state index is 0.0173. The van der Waals surface area contributed by atoms with Gasteiger partial charge in [-0.3, -0.25) is 0 Å². The molecular weight excluding hydrogens is 290 g/mol. The lowest BCUT2D eigenvalue weighted by atomic mass is 9.96. The first-order valence-corrected chi connectivity index (χ1v) is 8.71. The molecular formula is C14H23N3O3S. The molecule has 6 nitrogen and oxygen atoms in total. The highest BCUT2D eigenvalue weighted by atomic mass is 32.2. The molecule has 0 aromatic carbocycles. The average molecular weight is 313 g/mol. The molecule has 7 heteroatoms. The van der Waals surface area contributed by atoms with Crippen LogP contribution in [0.25, 0.3) is 6.08 Å². The van der Waals surface area contributed by atoms with Crippen LogP contribution >= 0.6 is 0 Å². The normalized spacial score (nSPS) is 17.5. The summed E-state index contributed by atoms with van der Waals surface area (Å²) in [5.41, 5.74) is 0.386. The van der Waals surface area contributed by atoms with Crippen molar-refractivity contribution in [1.82, 2.24) is 14.8 Å². The molecule has 2 rings (SSSR count). The second-order valence-electron chi connectivity index (χ2n) is 5.70. The van der Waals surface area contributed by atoms with E-state index in [-0.39, 0.29) is 16.7 Å². The molecule has 0 unspecified atom stereocenters. The molecule has 21 heavy (non-hydrogen) atoms.